The van der Waals surface area contributed by atoms with Crippen molar-refractivity contribution in [2.75, 3.05) is 13.2 Å². The van der Waals surface area contributed by atoms with Gasteiger partial charge in [0.05, 0.1) is 40.0 Å². The predicted molar refractivity (Wildman–Crippen MR) is 287 cm³/mol. The highest BCUT2D eigenvalue weighted by molar-refractivity contribution is 5.95. The van der Waals surface area contributed by atoms with E-state index in [0.29, 0.717) is 61.2 Å². The monoisotopic (exact) mass is 1220 g/mol. The number of aryl methyl sites for hydroxylation is 1. The SMILES string of the molecule is CCCCCCCCOC(=O)c1cc(O)c(O)c(O)c1.Cc1cc(C(=O)O[C@@H]2OC(COC(=O)c3cc(O)c(O)c(O)c3)[C@@H](OC(=O)c3cc(O)c(O)c(O)c3)[C@H](OC(=O)c3cc(O)c(O)c(O)c3)C2OC(=O)c2cc(O)c(O)c(O)c2)cc(O)c1O. The molecule has 5 atom stereocenters. The van der Waals surface area contributed by atoms with Crippen LogP contribution in [-0.2, 0) is 33.2 Å². The molecular weight excluding hydrogens is 1160 g/mol. The molecule has 1 aliphatic rings. The lowest BCUT2D eigenvalue weighted by molar-refractivity contribution is -0.282. The third-order valence-electron chi connectivity index (χ3n) is 12.7. The van der Waals surface area contributed by atoms with Crippen LogP contribution in [0.5, 0.6) is 97.7 Å². The smallest absolute Gasteiger partial charge is 0.340 e. The van der Waals surface area contributed by atoms with Gasteiger partial charge in [0, 0.05) is 0 Å². The zero-order chi connectivity index (χ0) is 64.3. The quantitative estimate of drug-likeness (QED) is 0.0203. The van der Waals surface area contributed by atoms with Gasteiger partial charge in [-0.25, -0.2) is 28.8 Å². The van der Waals surface area contributed by atoms with Crippen molar-refractivity contribution in [2.24, 2.45) is 0 Å². The molecule has 0 saturated carbocycles. The number of unbranched alkanes of at least 4 members (excludes halogenated alkanes) is 5. The number of benzene rings is 6. The molecule has 0 aromatic heterocycles. The largest absolute Gasteiger partial charge is 0.504 e. The summed E-state index contributed by atoms with van der Waals surface area (Å²) in [5.74, 6) is -24.5. The molecule has 0 bridgehead atoms. The summed E-state index contributed by atoms with van der Waals surface area (Å²) in [6.45, 7) is 2.51. The van der Waals surface area contributed by atoms with Crippen molar-refractivity contribution in [3.63, 3.8) is 0 Å². The Labute approximate surface area is 489 Å². The van der Waals surface area contributed by atoms with Crippen LogP contribution in [0, 0.1) is 6.92 Å². The molecule has 2 unspecified atom stereocenters. The van der Waals surface area contributed by atoms with Gasteiger partial charge in [0.25, 0.3) is 0 Å². The van der Waals surface area contributed by atoms with Crippen LogP contribution in [0.2, 0.25) is 0 Å². The number of carbonyl (C=O) groups is 6. The van der Waals surface area contributed by atoms with Crippen molar-refractivity contribution in [3.8, 4) is 97.7 Å². The van der Waals surface area contributed by atoms with Crippen LogP contribution in [0.25, 0.3) is 0 Å². The number of ether oxygens (including phenoxy) is 7. The van der Waals surface area contributed by atoms with Gasteiger partial charge >= 0.3 is 35.8 Å². The van der Waals surface area contributed by atoms with Gasteiger partial charge < -0.3 is 120 Å². The van der Waals surface area contributed by atoms with Crippen molar-refractivity contribution in [1.29, 1.82) is 0 Å². The minimum absolute atomic E-state index is 0.0174. The molecule has 1 aliphatic heterocycles. The molecule has 30 nitrogen and oxygen atoms in total. The van der Waals surface area contributed by atoms with Crippen LogP contribution in [0.1, 0.15) is 113 Å². The Kier molecular flexibility index (Phi) is 20.8. The van der Waals surface area contributed by atoms with Gasteiger partial charge in [-0.05, 0) is 91.7 Å². The van der Waals surface area contributed by atoms with Gasteiger partial charge in [-0.1, -0.05) is 39.0 Å². The molecule has 87 heavy (non-hydrogen) atoms. The fourth-order valence-corrected chi connectivity index (χ4v) is 8.12. The van der Waals surface area contributed by atoms with E-state index in [-0.39, 0.29) is 11.1 Å². The van der Waals surface area contributed by atoms with Crippen LogP contribution in [0.15, 0.2) is 72.8 Å². The maximum atomic E-state index is 13.9. The van der Waals surface area contributed by atoms with Gasteiger partial charge in [-0.15, -0.1) is 0 Å². The Morgan fingerprint density at radius 2 is 0.632 bits per heavy atom. The number of rotatable bonds is 19. The van der Waals surface area contributed by atoms with Crippen LogP contribution < -0.4 is 0 Å². The minimum atomic E-state index is -2.48. The number of phenols is 17. The lowest BCUT2D eigenvalue weighted by Crippen LogP contribution is -2.63. The van der Waals surface area contributed by atoms with Crippen molar-refractivity contribution in [3.05, 3.63) is 112 Å². The zero-order valence-corrected chi connectivity index (χ0v) is 45.4. The number of hydrogen-bond acceptors (Lipinski definition) is 30. The molecule has 1 fully saturated rings. The van der Waals surface area contributed by atoms with Gasteiger partial charge in [0.15, 0.2) is 110 Å². The summed E-state index contributed by atoms with van der Waals surface area (Å²) in [5, 5.41) is 169. The lowest BCUT2D eigenvalue weighted by atomic mass is 9.97. The topological polar surface area (TPSA) is 511 Å². The molecule has 17 N–H and O–H groups in total. The minimum Gasteiger partial charge on any atom is -0.504 e. The third-order valence-corrected chi connectivity index (χ3v) is 12.7. The molecule has 6 aromatic rings. The first-order valence-corrected chi connectivity index (χ1v) is 25.6. The average molecular weight is 1220 g/mol. The highest BCUT2D eigenvalue weighted by Gasteiger charge is 2.55. The second-order valence-electron chi connectivity index (χ2n) is 19.0. The van der Waals surface area contributed by atoms with Crippen LogP contribution in [-0.4, -0.2) is 167 Å². The summed E-state index contributed by atoms with van der Waals surface area (Å²) in [6, 6.07) is 8.52. The van der Waals surface area contributed by atoms with E-state index >= 15 is 0 Å². The van der Waals surface area contributed by atoms with Gasteiger partial charge in [0.1, 0.15) is 12.7 Å². The third kappa shape index (κ3) is 15.7. The maximum Gasteiger partial charge on any atom is 0.340 e. The molecule has 1 saturated heterocycles. The average Bonchev–Trinajstić information content (AvgIpc) is 3.63. The summed E-state index contributed by atoms with van der Waals surface area (Å²) in [4.78, 5) is 80.4. The Hall–Kier alpha value is -11.3. The summed E-state index contributed by atoms with van der Waals surface area (Å²) < 4.78 is 38.6. The summed E-state index contributed by atoms with van der Waals surface area (Å²) in [6.07, 6.45) is -5.39. The summed E-state index contributed by atoms with van der Waals surface area (Å²) >= 11 is 0. The number of aromatic hydroxyl groups is 17. The van der Waals surface area contributed by atoms with Crippen molar-refractivity contribution in [1.82, 2.24) is 0 Å². The van der Waals surface area contributed by atoms with E-state index in [9.17, 15) is 116 Å². The fourth-order valence-electron chi connectivity index (χ4n) is 8.12. The van der Waals surface area contributed by atoms with Crippen LogP contribution in [0.3, 0.4) is 0 Å². The number of esters is 6. The predicted octanol–water partition coefficient (Wildman–Crippen LogP) is 5.61. The van der Waals surface area contributed by atoms with E-state index in [2.05, 4.69) is 6.92 Å². The number of hydrogen-bond donors (Lipinski definition) is 17. The molecule has 0 radical (unpaired) electrons. The molecule has 0 amide bonds. The number of phenolic OH excluding ortho intramolecular Hbond substituents is 17. The Morgan fingerprint density at radius 1 is 0.345 bits per heavy atom. The zero-order valence-electron chi connectivity index (χ0n) is 45.4. The van der Waals surface area contributed by atoms with Gasteiger partial charge in [-0.3, -0.25) is 0 Å². The summed E-state index contributed by atoms with van der Waals surface area (Å²) in [7, 11) is 0. The molecule has 30 heteroatoms. The molecule has 1 heterocycles. The number of carbonyl (C=O) groups excluding carboxylic acids is 6. The van der Waals surface area contributed by atoms with E-state index in [4.69, 9.17) is 33.2 Å². The molecule has 0 spiro atoms. The standard InChI is InChI=1S/C42H34O25.C15H22O5/c1-13-2-14(3-19(43)29(13)52)41(61)67-42-36(66-40(60)18-10-26(50)33(56)27(51)11-18)35(65-39(59)17-8-24(48)32(55)25(49)9-17)34(64-38(58)16-6-22(46)31(54)23(47)7-16)28(63-42)12-62-37(57)15-4-20(44)30(53)21(45)5-15;1-2-3-4-5-6-7-8-20-15(19)11-9-12(16)14(18)13(17)10-11/h2-11,28,34-36,42-56H,12H2,1H3;9-10,16-18H,2-8H2,1H3/t28?,34-,35+,36?,42+;/m1./s1. The van der Waals surface area contributed by atoms with E-state index in [0.717, 1.165) is 37.5 Å². The van der Waals surface area contributed by atoms with E-state index < -0.39 is 199 Å². The Balaban J connectivity index is 0.000000512. The molecule has 6 aromatic carbocycles. The Morgan fingerprint density at radius 3 is 1.00 bits per heavy atom. The highest BCUT2D eigenvalue weighted by atomic mass is 16.7. The van der Waals surface area contributed by atoms with E-state index in [1.165, 1.54) is 26.2 Å². The van der Waals surface area contributed by atoms with Gasteiger partial charge in [0.2, 0.25) is 12.4 Å². The normalized spacial score (nSPS) is 16.0. The van der Waals surface area contributed by atoms with Crippen molar-refractivity contribution in [2.45, 2.75) is 83.1 Å². The lowest BCUT2D eigenvalue weighted by Gasteiger charge is -2.43. The van der Waals surface area contributed by atoms with E-state index in [1.54, 1.807) is 0 Å². The molecular formula is C57H56O30. The maximum absolute atomic E-state index is 13.9. The first-order valence-electron chi connectivity index (χ1n) is 25.6. The highest BCUT2D eigenvalue weighted by Crippen LogP contribution is 2.42. The molecule has 464 valence electrons. The second kappa shape index (κ2) is 27.9. The molecule has 7 rings (SSSR count). The van der Waals surface area contributed by atoms with Gasteiger partial charge in [-0.2, -0.15) is 0 Å². The summed E-state index contributed by atoms with van der Waals surface area (Å²) in [5.41, 5.74) is -3.59. The first kappa shape index (κ1) is 64.9. The Bertz CT molecular complexity index is 3450. The molecule has 0 aliphatic carbocycles. The van der Waals surface area contributed by atoms with Crippen molar-refractivity contribution >= 4 is 35.8 Å². The van der Waals surface area contributed by atoms with Crippen LogP contribution >= 0.6 is 0 Å². The van der Waals surface area contributed by atoms with Crippen molar-refractivity contribution < 1.29 is 149 Å². The first-order chi connectivity index (χ1) is 41.0. The fraction of sp³-hybridized carbons (Fsp3) is 0.263. The van der Waals surface area contributed by atoms with Crippen LogP contribution in [0.4, 0.5) is 0 Å². The van der Waals surface area contributed by atoms with E-state index in [1.807, 2.05) is 0 Å². The second-order valence-corrected chi connectivity index (χ2v) is 19.0.